The average molecular weight is 889 g/mol. The summed E-state index contributed by atoms with van der Waals surface area (Å²) in [5.41, 5.74) is 0. The maximum absolute atomic E-state index is 12.8. The highest BCUT2D eigenvalue weighted by Crippen LogP contribution is 2.13. The highest BCUT2D eigenvalue weighted by atomic mass is 16.6. The highest BCUT2D eigenvalue weighted by molar-refractivity contribution is 5.71. The summed E-state index contributed by atoms with van der Waals surface area (Å²) in [5.74, 6) is -0.985. The van der Waals surface area contributed by atoms with Gasteiger partial charge in [0.1, 0.15) is 13.2 Å². The van der Waals surface area contributed by atoms with Gasteiger partial charge < -0.3 is 14.2 Å². The van der Waals surface area contributed by atoms with Gasteiger partial charge in [0, 0.05) is 19.3 Å². The van der Waals surface area contributed by atoms with E-state index >= 15 is 0 Å². The maximum atomic E-state index is 12.8. The minimum absolute atomic E-state index is 0.105. The quantitative estimate of drug-likeness (QED) is 0.0199. The summed E-state index contributed by atoms with van der Waals surface area (Å²) in [7, 11) is 0. The summed E-state index contributed by atoms with van der Waals surface area (Å²) >= 11 is 0. The lowest BCUT2D eigenvalue weighted by Gasteiger charge is -2.18. The number of unbranched alkanes of at least 4 members (excludes halogenated alkanes) is 20. The van der Waals surface area contributed by atoms with Gasteiger partial charge in [-0.3, -0.25) is 14.4 Å². The van der Waals surface area contributed by atoms with Crippen molar-refractivity contribution in [3.63, 3.8) is 0 Å². The van der Waals surface area contributed by atoms with E-state index in [4.69, 9.17) is 14.2 Å². The zero-order chi connectivity index (χ0) is 46.5. The Kier molecular flexibility index (Phi) is 49.0. The van der Waals surface area contributed by atoms with E-state index in [0.29, 0.717) is 19.3 Å². The Labute approximate surface area is 394 Å². The molecule has 0 aliphatic carbocycles. The molecule has 0 saturated carbocycles. The van der Waals surface area contributed by atoms with Crippen molar-refractivity contribution < 1.29 is 28.6 Å². The van der Waals surface area contributed by atoms with Crippen LogP contribution in [-0.4, -0.2) is 37.2 Å². The molecule has 0 aromatic rings. The number of hydrogen-bond donors (Lipinski definition) is 0. The first kappa shape index (κ1) is 60.3. The molecule has 0 heterocycles. The molecule has 364 valence electrons. The predicted octanol–water partition coefficient (Wildman–Crippen LogP) is 17.4. The highest BCUT2D eigenvalue weighted by Gasteiger charge is 2.19. The third kappa shape index (κ3) is 49.3. The molecule has 64 heavy (non-hydrogen) atoms. The van der Waals surface area contributed by atoms with Gasteiger partial charge in [-0.15, -0.1) is 0 Å². The Balaban J connectivity index is 4.51. The van der Waals surface area contributed by atoms with Crippen LogP contribution in [0.1, 0.15) is 233 Å². The first-order valence-corrected chi connectivity index (χ1v) is 26.3. The van der Waals surface area contributed by atoms with Gasteiger partial charge in [-0.2, -0.15) is 0 Å². The zero-order valence-corrected chi connectivity index (χ0v) is 41.5. The molecular formula is C58H96O6. The lowest BCUT2D eigenvalue weighted by Crippen LogP contribution is -2.30. The molecule has 6 nitrogen and oxygen atoms in total. The molecule has 0 amide bonds. The fraction of sp³-hybridized carbons (Fsp3) is 0.672. The molecule has 1 unspecified atom stereocenters. The van der Waals surface area contributed by atoms with Crippen LogP contribution < -0.4 is 0 Å². The maximum Gasteiger partial charge on any atom is 0.306 e. The van der Waals surface area contributed by atoms with Crippen molar-refractivity contribution in [3.8, 4) is 0 Å². The van der Waals surface area contributed by atoms with Crippen molar-refractivity contribution in [2.45, 2.75) is 239 Å². The molecule has 0 saturated heterocycles. The first-order chi connectivity index (χ1) is 31.5. The topological polar surface area (TPSA) is 78.9 Å². The Morgan fingerprint density at radius 3 is 1.11 bits per heavy atom. The van der Waals surface area contributed by atoms with Crippen LogP contribution in [0.25, 0.3) is 0 Å². The van der Waals surface area contributed by atoms with E-state index in [-0.39, 0.29) is 37.5 Å². The van der Waals surface area contributed by atoms with Gasteiger partial charge in [-0.05, 0) is 109 Å². The Morgan fingerprint density at radius 1 is 0.344 bits per heavy atom. The minimum Gasteiger partial charge on any atom is -0.462 e. The van der Waals surface area contributed by atoms with Crippen LogP contribution in [0.3, 0.4) is 0 Å². The van der Waals surface area contributed by atoms with Gasteiger partial charge in [-0.25, -0.2) is 0 Å². The number of carbonyl (C=O) groups excluding carboxylic acids is 3. The first-order valence-electron chi connectivity index (χ1n) is 26.3. The molecule has 0 radical (unpaired) electrons. The van der Waals surface area contributed by atoms with Crippen molar-refractivity contribution in [1.82, 2.24) is 0 Å². The van der Waals surface area contributed by atoms with Gasteiger partial charge in [-0.1, -0.05) is 201 Å². The predicted molar refractivity (Wildman–Crippen MR) is 274 cm³/mol. The molecule has 0 spiro atoms. The Bertz CT molecular complexity index is 1300. The number of hydrogen-bond acceptors (Lipinski definition) is 6. The van der Waals surface area contributed by atoms with E-state index in [9.17, 15) is 14.4 Å². The molecule has 0 fully saturated rings. The summed E-state index contributed by atoms with van der Waals surface area (Å²) < 4.78 is 16.7. The summed E-state index contributed by atoms with van der Waals surface area (Å²) in [6, 6.07) is 0. The normalized spacial score (nSPS) is 12.9. The molecule has 0 rings (SSSR count). The average Bonchev–Trinajstić information content (AvgIpc) is 3.29. The molecule has 0 aromatic carbocycles. The number of rotatable bonds is 46. The Hall–Kier alpha value is -3.67. The van der Waals surface area contributed by atoms with Crippen LogP contribution in [0.4, 0.5) is 0 Å². The lowest BCUT2D eigenvalue weighted by atomic mass is 10.1. The van der Waals surface area contributed by atoms with E-state index in [0.717, 1.165) is 96.3 Å². The summed E-state index contributed by atoms with van der Waals surface area (Å²) in [5, 5.41) is 0. The van der Waals surface area contributed by atoms with E-state index in [1.54, 1.807) is 0 Å². The molecule has 0 N–H and O–H groups in total. The van der Waals surface area contributed by atoms with Crippen molar-refractivity contribution in [3.05, 3.63) is 97.2 Å². The SMILES string of the molecule is CC/C=C\C/C=C\CCCCCCCCCC(=O)OCC(COC(=O)CCC/C=C\C/C=C\C/C=C\C/C=C\CCCCC)OC(=O)CCCCCCCC/C=C\C=C/CCCCC. The third-order valence-corrected chi connectivity index (χ3v) is 10.8. The second kappa shape index (κ2) is 52.0. The fourth-order valence-corrected chi connectivity index (χ4v) is 6.87. The number of esters is 3. The molecule has 0 aromatic heterocycles. The smallest absolute Gasteiger partial charge is 0.306 e. The van der Waals surface area contributed by atoms with Crippen molar-refractivity contribution in [2.75, 3.05) is 13.2 Å². The molecule has 1 atom stereocenters. The van der Waals surface area contributed by atoms with E-state index in [1.807, 2.05) is 0 Å². The van der Waals surface area contributed by atoms with E-state index < -0.39 is 6.10 Å². The van der Waals surface area contributed by atoms with Crippen LogP contribution in [-0.2, 0) is 28.6 Å². The lowest BCUT2D eigenvalue weighted by molar-refractivity contribution is -0.167. The van der Waals surface area contributed by atoms with Gasteiger partial charge in [0.25, 0.3) is 0 Å². The second-order valence-corrected chi connectivity index (χ2v) is 17.1. The van der Waals surface area contributed by atoms with Crippen LogP contribution in [0.5, 0.6) is 0 Å². The second-order valence-electron chi connectivity index (χ2n) is 17.1. The summed E-state index contributed by atoms with van der Waals surface area (Å²) in [6.45, 7) is 6.40. The van der Waals surface area contributed by atoms with Crippen LogP contribution in [0.15, 0.2) is 97.2 Å². The van der Waals surface area contributed by atoms with Crippen LogP contribution >= 0.6 is 0 Å². The molecule has 6 heteroatoms. The standard InChI is InChI=1S/C58H96O6/c1-4-7-10-13-16-19-22-25-28-29-31-33-36-39-42-45-48-51-57(60)63-54-55(53-62-56(59)50-47-44-41-38-35-32-27-24-21-18-15-12-9-6-3)64-58(61)52-49-46-43-40-37-34-30-26-23-20-17-14-11-8-5-2/h9,12,16-21,23,25-26,28,31,33,39,42,55H,4-8,10-11,13-15,22,24,27,29-30,32,34-38,40-41,43-54H2,1-3H3/b12-9-,19-16-,20-17-,21-18-,26-23-,28-25-,33-31-,42-39-. The fourth-order valence-electron chi connectivity index (χ4n) is 6.87. The molecule has 0 aliphatic rings. The number of ether oxygens (including phenoxy) is 3. The minimum atomic E-state index is -0.809. The van der Waals surface area contributed by atoms with Gasteiger partial charge >= 0.3 is 17.9 Å². The Morgan fingerprint density at radius 2 is 0.672 bits per heavy atom. The van der Waals surface area contributed by atoms with Crippen LogP contribution in [0.2, 0.25) is 0 Å². The third-order valence-electron chi connectivity index (χ3n) is 10.8. The van der Waals surface area contributed by atoms with Crippen molar-refractivity contribution in [1.29, 1.82) is 0 Å². The van der Waals surface area contributed by atoms with Crippen molar-refractivity contribution in [2.24, 2.45) is 0 Å². The largest absolute Gasteiger partial charge is 0.462 e. The molecule has 0 aliphatic heterocycles. The van der Waals surface area contributed by atoms with Crippen molar-refractivity contribution >= 4 is 17.9 Å². The summed E-state index contributed by atoms with van der Waals surface area (Å²) in [4.78, 5) is 38.0. The number of carbonyl (C=O) groups is 3. The van der Waals surface area contributed by atoms with Gasteiger partial charge in [0.2, 0.25) is 0 Å². The van der Waals surface area contributed by atoms with E-state index in [1.165, 1.54) is 89.9 Å². The van der Waals surface area contributed by atoms with Gasteiger partial charge in [0.05, 0.1) is 0 Å². The van der Waals surface area contributed by atoms with Gasteiger partial charge in [0.15, 0.2) is 6.10 Å². The number of allylic oxidation sites excluding steroid dienone is 16. The van der Waals surface area contributed by atoms with E-state index in [2.05, 4.69) is 118 Å². The molecular weight excluding hydrogens is 793 g/mol. The zero-order valence-electron chi connectivity index (χ0n) is 41.5. The monoisotopic (exact) mass is 889 g/mol. The molecule has 0 bridgehead atoms. The summed E-state index contributed by atoms with van der Waals surface area (Å²) in [6.07, 6.45) is 68.2. The van der Waals surface area contributed by atoms with Crippen LogP contribution in [0, 0.1) is 0 Å².